The molecule has 1 fully saturated rings. The number of nitrogens with one attached hydrogen (secondary N) is 1. The lowest BCUT2D eigenvalue weighted by Gasteiger charge is -2.40. The highest BCUT2D eigenvalue weighted by atomic mass is 16.5. The number of carbonyl (C=O) groups is 1. The van der Waals surface area contributed by atoms with Gasteiger partial charge in [-0.15, -0.1) is 0 Å². The van der Waals surface area contributed by atoms with Crippen molar-refractivity contribution in [2.75, 3.05) is 14.2 Å². The standard InChI is InChI=1S/C13H25NO3/c1-12(2,3)17-10-7-6-8-13(9-10,14-4)11(15)16-5/h10,14H,6-9H2,1-5H3. The normalized spacial score (nSPS) is 30.1. The summed E-state index contributed by atoms with van der Waals surface area (Å²) in [7, 11) is 3.26. The number of carbonyl (C=O) groups excluding carboxylic acids is 1. The largest absolute Gasteiger partial charge is 0.468 e. The zero-order valence-corrected chi connectivity index (χ0v) is 11.6. The van der Waals surface area contributed by atoms with Crippen LogP contribution in [0.1, 0.15) is 46.5 Å². The second-order valence-electron chi connectivity index (χ2n) is 5.77. The molecule has 2 atom stereocenters. The molecule has 1 aliphatic carbocycles. The topological polar surface area (TPSA) is 47.6 Å². The van der Waals surface area contributed by atoms with Crippen molar-refractivity contribution in [1.29, 1.82) is 0 Å². The molecular weight excluding hydrogens is 218 g/mol. The molecular formula is C13H25NO3. The summed E-state index contributed by atoms with van der Waals surface area (Å²) in [5.41, 5.74) is -0.736. The SMILES string of the molecule is CNC1(C(=O)OC)CCCC(OC(C)(C)C)C1. The maximum absolute atomic E-state index is 11.9. The number of hydrogen-bond donors (Lipinski definition) is 1. The molecule has 1 rings (SSSR count). The van der Waals surface area contributed by atoms with Gasteiger partial charge in [-0.05, 0) is 47.1 Å². The van der Waals surface area contributed by atoms with Crippen molar-refractivity contribution in [2.24, 2.45) is 0 Å². The molecule has 0 heterocycles. The van der Waals surface area contributed by atoms with Gasteiger partial charge in [0.05, 0.1) is 18.8 Å². The van der Waals surface area contributed by atoms with Gasteiger partial charge in [-0.1, -0.05) is 0 Å². The van der Waals surface area contributed by atoms with Crippen LogP contribution in [0.2, 0.25) is 0 Å². The van der Waals surface area contributed by atoms with Crippen LogP contribution < -0.4 is 5.32 Å². The van der Waals surface area contributed by atoms with Crippen molar-refractivity contribution in [3.8, 4) is 0 Å². The Labute approximate surface area is 104 Å². The summed E-state index contributed by atoms with van der Waals surface area (Å²) in [6, 6.07) is 0. The predicted molar refractivity (Wildman–Crippen MR) is 66.9 cm³/mol. The van der Waals surface area contributed by atoms with Gasteiger partial charge >= 0.3 is 5.97 Å². The van der Waals surface area contributed by atoms with Gasteiger partial charge in [0.15, 0.2) is 0 Å². The highest BCUT2D eigenvalue weighted by Gasteiger charge is 2.43. The number of ether oxygens (including phenoxy) is 2. The maximum atomic E-state index is 11.9. The lowest BCUT2D eigenvalue weighted by molar-refractivity contribution is -0.155. The zero-order chi connectivity index (χ0) is 13.1. The van der Waals surface area contributed by atoms with Crippen molar-refractivity contribution >= 4 is 5.97 Å². The van der Waals surface area contributed by atoms with E-state index >= 15 is 0 Å². The summed E-state index contributed by atoms with van der Waals surface area (Å²) >= 11 is 0. The number of hydrogen-bond acceptors (Lipinski definition) is 4. The molecule has 1 N–H and O–H groups in total. The maximum Gasteiger partial charge on any atom is 0.326 e. The van der Waals surface area contributed by atoms with Crippen molar-refractivity contribution in [1.82, 2.24) is 5.32 Å². The first-order valence-corrected chi connectivity index (χ1v) is 6.28. The molecule has 4 heteroatoms. The Balaban J connectivity index is 2.72. The monoisotopic (exact) mass is 243 g/mol. The van der Waals surface area contributed by atoms with Crippen LogP contribution in [0.5, 0.6) is 0 Å². The fourth-order valence-corrected chi connectivity index (χ4v) is 2.53. The van der Waals surface area contributed by atoms with E-state index in [1.165, 1.54) is 7.11 Å². The molecule has 100 valence electrons. The molecule has 0 spiro atoms. The Morgan fingerprint density at radius 3 is 2.53 bits per heavy atom. The molecule has 0 aromatic carbocycles. The summed E-state index contributed by atoms with van der Waals surface area (Å²) < 4.78 is 10.9. The van der Waals surface area contributed by atoms with Gasteiger partial charge in [0.25, 0.3) is 0 Å². The first kappa shape index (κ1) is 14.5. The fraction of sp³-hybridized carbons (Fsp3) is 0.923. The van der Waals surface area contributed by atoms with Gasteiger partial charge in [0, 0.05) is 6.42 Å². The smallest absolute Gasteiger partial charge is 0.326 e. The van der Waals surface area contributed by atoms with Gasteiger partial charge in [-0.2, -0.15) is 0 Å². The fourth-order valence-electron chi connectivity index (χ4n) is 2.53. The molecule has 1 aliphatic rings. The van der Waals surface area contributed by atoms with E-state index in [0.717, 1.165) is 19.3 Å². The van der Waals surface area contributed by atoms with Gasteiger partial charge in [0.2, 0.25) is 0 Å². The average molecular weight is 243 g/mol. The molecule has 2 unspecified atom stereocenters. The van der Waals surface area contributed by atoms with Crippen LogP contribution in [0, 0.1) is 0 Å². The molecule has 0 saturated heterocycles. The summed E-state index contributed by atoms with van der Waals surface area (Å²) in [4.78, 5) is 11.9. The van der Waals surface area contributed by atoms with Crippen molar-refractivity contribution < 1.29 is 14.3 Å². The Kier molecular flexibility index (Phi) is 4.55. The van der Waals surface area contributed by atoms with E-state index in [4.69, 9.17) is 9.47 Å². The van der Waals surface area contributed by atoms with E-state index in [-0.39, 0.29) is 17.7 Å². The lowest BCUT2D eigenvalue weighted by atomic mass is 9.80. The van der Waals surface area contributed by atoms with Gasteiger partial charge in [-0.25, -0.2) is 0 Å². The van der Waals surface area contributed by atoms with Crippen LogP contribution in [-0.2, 0) is 14.3 Å². The second-order valence-corrected chi connectivity index (χ2v) is 5.77. The molecule has 4 nitrogen and oxygen atoms in total. The highest BCUT2D eigenvalue weighted by Crippen LogP contribution is 2.32. The Hall–Kier alpha value is -0.610. The number of methoxy groups -OCH3 is 1. The zero-order valence-electron chi connectivity index (χ0n) is 11.6. The molecule has 0 amide bonds. The molecule has 0 radical (unpaired) electrons. The third-order valence-corrected chi connectivity index (χ3v) is 3.28. The highest BCUT2D eigenvalue weighted by molar-refractivity contribution is 5.80. The Morgan fingerprint density at radius 1 is 1.41 bits per heavy atom. The molecule has 0 aromatic rings. The number of rotatable bonds is 3. The summed E-state index contributed by atoms with van der Waals surface area (Å²) in [5.74, 6) is -0.179. The second kappa shape index (κ2) is 5.36. The van der Waals surface area contributed by atoms with Crippen LogP contribution >= 0.6 is 0 Å². The van der Waals surface area contributed by atoms with E-state index in [1.54, 1.807) is 0 Å². The Bertz CT molecular complexity index is 272. The minimum Gasteiger partial charge on any atom is -0.468 e. The lowest BCUT2D eigenvalue weighted by Crippen LogP contribution is -2.55. The first-order valence-electron chi connectivity index (χ1n) is 6.28. The predicted octanol–water partition coefficient (Wildman–Crippen LogP) is 1.88. The van der Waals surface area contributed by atoms with Crippen LogP contribution in [0.25, 0.3) is 0 Å². The van der Waals surface area contributed by atoms with E-state index in [9.17, 15) is 4.79 Å². The van der Waals surface area contributed by atoms with Crippen molar-refractivity contribution in [2.45, 2.75) is 63.7 Å². The van der Waals surface area contributed by atoms with Crippen LogP contribution in [0.4, 0.5) is 0 Å². The molecule has 0 aromatic heterocycles. The summed E-state index contributed by atoms with van der Waals surface area (Å²) in [5, 5.41) is 3.13. The van der Waals surface area contributed by atoms with Gasteiger partial charge in [-0.3, -0.25) is 4.79 Å². The van der Waals surface area contributed by atoms with E-state index in [2.05, 4.69) is 5.32 Å². The minimum atomic E-state index is -0.567. The van der Waals surface area contributed by atoms with Crippen LogP contribution in [0.3, 0.4) is 0 Å². The van der Waals surface area contributed by atoms with Crippen LogP contribution in [-0.4, -0.2) is 37.4 Å². The number of likely N-dealkylation sites (N-methyl/N-ethyl adjacent to an activating group) is 1. The average Bonchev–Trinajstić information content (AvgIpc) is 2.25. The third-order valence-electron chi connectivity index (χ3n) is 3.28. The van der Waals surface area contributed by atoms with Gasteiger partial charge in [0.1, 0.15) is 5.54 Å². The summed E-state index contributed by atoms with van der Waals surface area (Å²) in [6.07, 6.45) is 3.62. The Morgan fingerprint density at radius 2 is 2.06 bits per heavy atom. The quantitative estimate of drug-likeness (QED) is 0.769. The molecule has 1 saturated carbocycles. The van der Waals surface area contributed by atoms with Crippen molar-refractivity contribution in [3.63, 3.8) is 0 Å². The van der Waals surface area contributed by atoms with Crippen molar-refractivity contribution in [3.05, 3.63) is 0 Å². The minimum absolute atomic E-state index is 0.121. The van der Waals surface area contributed by atoms with E-state index < -0.39 is 5.54 Å². The van der Waals surface area contributed by atoms with Gasteiger partial charge < -0.3 is 14.8 Å². The molecule has 17 heavy (non-hydrogen) atoms. The van der Waals surface area contributed by atoms with E-state index in [0.29, 0.717) is 6.42 Å². The molecule has 0 bridgehead atoms. The number of esters is 1. The van der Waals surface area contributed by atoms with Crippen LogP contribution in [0.15, 0.2) is 0 Å². The van der Waals surface area contributed by atoms with E-state index in [1.807, 2.05) is 27.8 Å². The molecule has 0 aliphatic heterocycles. The summed E-state index contributed by atoms with van der Waals surface area (Å²) in [6.45, 7) is 6.13. The third kappa shape index (κ3) is 3.68. The first-order chi connectivity index (χ1) is 7.83.